The van der Waals surface area contributed by atoms with Crippen LogP contribution in [0, 0.1) is 0 Å². The fourth-order valence-corrected chi connectivity index (χ4v) is 4.25. The predicted octanol–water partition coefficient (Wildman–Crippen LogP) is 4.82. The number of nitrogens with one attached hydrogen (secondary N) is 1. The quantitative estimate of drug-likeness (QED) is 0.791. The number of hydrogen-bond acceptors (Lipinski definition) is 3. The summed E-state index contributed by atoms with van der Waals surface area (Å²) in [4.78, 5) is 1.40. The topological polar surface area (TPSA) is 21.3 Å². The molecule has 2 nitrogen and oxygen atoms in total. The zero-order valence-corrected chi connectivity index (χ0v) is 14.6. The van der Waals surface area contributed by atoms with Crippen LogP contribution in [-0.4, -0.2) is 6.54 Å². The first-order valence-corrected chi connectivity index (χ1v) is 9.10. The van der Waals surface area contributed by atoms with Crippen molar-refractivity contribution in [3.8, 4) is 0 Å². The SMILES string of the molecule is CCCNC(Cc1sccc1Br)c1ccc2c(c1)COC2. The molecule has 0 radical (unpaired) electrons. The van der Waals surface area contributed by atoms with Crippen molar-refractivity contribution in [3.63, 3.8) is 0 Å². The Balaban J connectivity index is 1.83. The maximum absolute atomic E-state index is 5.53. The highest BCUT2D eigenvalue weighted by atomic mass is 79.9. The van der Waals surface area contributed by atoms with Crippen LogP contribution in [0.1, 0.15) is 41.0 Å². The standard InChI is InChI=1S/C17H20BrNOS/c1-2-6-19-16(9-17-15(18)5-7-21-17)12-3-4-13-10-20-11-14(13)8-12/h3-5,7-8,16,19H,2,6,9-11H2,1H3. The molecule has 0 fully saturated rings. The van der Waals surface area contributed by atoms with Crippen molar-refractivity contribution in [3.05, 3.63) is 55.7 Å². The second kappa shape index (κ2) is 7.05. The zero-order valence-electron chi connectivity index (χ0n) is 12.2. The highest BCUT2D eigenvalue weighted by molar-refractivity contribution is 9.10. The summed E-state index contributed by atoms with van der Waals surface area (Å²) in [5.41, 5.74) is 4.05. The van der Waals surface area contributed by atoms with E-state index in [4.69, 9.17) is 4.74 Å². The molecule has 1 atom stereocenters. The first-order valence-electron chi connectivity index (χ1n) is 7.42. The van der Waals surface area contributed by atoms with E-state index in [1.54, 1.807) is 0 Å². The molecule has 0 bridgehead atoms. The van der Waals surface area contributed by atoms with E-state index in [1.165, 1.54) is 26.0 Å². The molecule has 2 aromatic rings. The van der Waals surface area contributed by atoms with E-state index in [0.717, 1.165) is 32.6 Å². The van der Waals surface area contributed by atoms with Crippen LogP contribution in [-0.2, 0) is 24.4 Å². The number of halogens is 1. The van der Waals surface area contributed by atoms with Gasteiger partial charge in [-0.1, -0.05) is 25.1 Å². The van der Waals surface area contributed by atoms with E-state index < -0.39 is 0 Å². The van der Waals surface area contributed by atoms with E-state index in [-0.39, 0.29) is 0 Å². The Morgan fingerprint density at radius 3 is 2.90 bits per heavy atom. The number of ether oxygens (including phenoxy) is 1. The molecule has 112 valence electrons. The normalized spacial score (nSPS) is 15.1. The fraction of sp³-hybridized carbons (Fsp3) is 0.412. The van der Waals surface area contributed by atoms with E-state index in [1.807, 2.05) is 11.3 Å². The molecule has 0 saturated carbocycles. The van der Waals surface area contributed by atoms with Gasteiger partial charge < -0.3 is 10.1 Å². The monoisotopic (exact) mass is 365 g/mol. The number of thiophene rings is 1. The molecule has 1 aliphatic rings. The number of rotatable bonds is 6. The third-order valence-electron chi connectivity index (χ3n) is 3.87. The van der Waals surface area contributed by atoms with Crippen molar-refractivity contribution in [2.45, 2.75) is 39.0 Å². The Kier molecular flexibility index (Phi) is 5.11. The zero-order chi connectivity index (χ0) is 14.7. The molecule has 1 aromatic heterocycles. The average molecular weight is 366 g/mol. The van der Waals surface area contributed by atoms with Gasteiger partial charge in [-0.05, 0) is 57.0 Å². The van der Waals surface area contributed by atoms with Gasteiger partial charge in [0.1, 0.15) is 0 Å². The number of hydrogen-bond donors (Lipinski definition) is 1. The Bertz CT molecular complexity index is 611. The van der Waals surface area contributed by atoms with Crippen LogP contribution in [0.2, 0.25) is 0 Å². The first kappa shape index (κ1) is 15.2. The van der Waals surface area contributed by atoms with Gasteiger partial charge in [-0.15, -0.1) is 11.3 Å². The minimum atomic E-state index is 0.366. The smallest absolute Gasteiger partial charge is 0.0725 e. The predicted molar refractivity (Wildman–Crippen MR) is 91.7 cm³/mol. The average Bonchev–Trinajstić information content (AvgIpc) is 3.11. The Hall–Kier alpha value is -0.680. The number of fused-ring (bicyclic) bond motifs is 1. The molecule has 2 heterocycles. The summed E-state index contributed by atoms with van der Waals surface area (Å²) in [6.07, 6.45) is 2.17. The molecular weight excluding hydrogens is 346 g/mol. The van der Waals surface area contributed by atoms with Crippen LogP contribution in [0.15, 0.2) is 34.1 Å². The molecule has 1 unspecified atom stereocenters. The highest BCUT2D eigenvalue weighted by Gasteiger charge is 2.18. The summed E-state index contributed by atoms with van der Waals surface area (Å²) < 4.78 is 6.75. The number of benzene rings is 1. The highest BCUT2D eigenvalue weighted by Crippen LogP contribution is 2.30. The van der Waals surface area contributed by atoms with Gasteiger partial charge >= 0.3 is 0 Å². The Morgan fingerprint density at radius 1 is 1.29 bits per heavy atom. The van der Waals surface area contributed by atoms with E-state index in [9.17, 15) is 0 Å². The van der Waals surface area contributed by atoms with Gasteiger partial charge in [0.25, 0.3) is 0 Å². The van der Waals surface area contributed by atoms with E-state index in [0.29, 0.717) is 6.04 Å². The molecule has 0 spiro atoms. The fourth-order valence-electron chi connectivity index (χ4n) is 2.69. The minimum Gasteiger partial charge on any atom is -0.372 e. The van der Waals surface area contributed by atoms with E-state index >= 15 is 0 Å². The second-order valence-corrected chi connectivity index (χ2v) is 7.28. The Labute approximate surface area is 138 Å². The summed E-state index contributed by atoms with van der Waals surface area (Å²) in [5.74, 6) is 0. The third kappa shape index (κ3) is 3.57. The van der Waals surface area contributed by atoms with Gasteiger partial charge in [0, 0.05) is 21.8 Å². The molecule has 3 rings (SSSR count). The second-order valence-electron chi connectivity index (χ2n) is 5.42. The lowest BCUT2D eigenvalue weighted by molar-refractivity contribution is 0.134. The summed E-state index contributed by atoms with van der Waals surface area (Å²) in [5, 5.41) is 5.83. The van der Waals surface area contributed by atoms with Gasteiger partial charge in [-0.25, -0.2) is 0 Å². The van der Waals surface area contributed by atoms with E-state index in [2.05, 4.69) is 57.8 Å². The first-order chi connectivity index (χ1) is 10.3. The summed E-state index contributed by atoms with van der Waals surface area (Å²) >= 11 is 5.47. The van der Waals surface area contributed by atoms with Crippen molar-refractivity contribution in [2.24, 2.45) is 0 Å². The van der Waals surface area contributed by atoms with Gasteiger partial charge in [-0.2, -0.15) is 0 Å². The summed E-state index contributed by atoms with van der Waals surface area (Å²) in [6, 6.07) is 9.29. The van der Waals surface area contributed by atoms with Gasteiger partial charge in [0.2, 0.25) is 0 Å². The maximum Gasteiger partial charge on any atom is 0.0725 e. The minimum absolute atomic E-state index is 0.366. The molecular formula is C17H20BrNOS. The molecule has 21 heavy (non-hydrogen) atoms. The third-order valence-corrected chi connectivity index (χ3v) is 5.82. The lowest BCUT2D eigenvalue weighted by atomic mass is 9.98. The summed E-state index contributed by atoms with van der Waals surface area (Å²) in [6.45, 7) is 4.77. The van der Waals surface area contributed by atoms with Crippen molar-refractivity contribution in [2.75, 3.05) is 6.54 Å². The van der Waals surface area contributed by atoms with Crippen molar-refractivity contribution >= 4 is 27.3 Å². The molecule has 0 aliphatic carbocycles. The van der Waals surface area contributed by atoms with Crippen LogP contribution in [0.3, 0.4) is 0 Å². The van der Waals surface area contributed by atoms with Crippen LogP contribution in [0.25, 0.3) is 0 Å². The molecule has 1 N–H and O–H groups in total. The summed E-state index contributed by atoms with van der Waals surface area (Å²) in [7, 11) is 0. The molecule has 4 heteroatoms. The van der Waals surface area contributed by atoms with Crippen LogP contribution in [0.4, 0.5) is 0 Å². The van der Waals surface area contributed by atoms with Gasteiger partial charge in [0.15, 0.2) is 0 Å². The largest absolute Gasteiger partial charge is 0.372 e. The van der Waals surface area contributed by atoms with Crippen LogP contribution < -0.4 is 5.32 Å². The lowest BCUT2D eigenvalue weighted by Gasteiger charge is -2.19. The molecule has 0 amide bonds. The molecule has 0 saturated heterocycles. The van der Waals surface area contributed by atoms with Gasteiger partial charge in [-0.3, -0.25) is 0 Å². The van der Waals surface area contributed by atoms with Crippen molar-refractivity contribution < 1.29 is 4.74 Å². The van der Waals surface area contributed by atoms with Crippen LogP contribution >= 0.6 is 27.3 Å². The van der Waals surface area contributed by atoms with Crippen LogP contribution in [0.5, 0.6) is 0 Å². The lowest BCUT2D eigenvalue weighted by Crippen LogP contribution is -2.24. The molecule has 1 aromatic carbocycles. The van der Waals surface area contributed by atoms with Crippen molar-refractivity contribution in [1.82, 2.24) is 5.32 Å². The molecule has 1 aliphatic heterocycles. The van der Waals surface area contributed by atoms with Gasteiger partial charge in [0.05, 0.1) is 13.2 Å². The van der Waals surface area contributed by atoms with Crippen molar-refractivity contribution in [1.29, 1.82) is 0 Å². The Morgan fingerprint density at radius 2 is 2.14 bits per heavy atom. The maximum atomic E-state index is 5.53.